The van der Waals surface area contributed by atoms with Crippen LogP contribution in [0.3, 0.4) is 0 Å². The molecule has 0 amide bonds. The summed E-state index contributed by atoms with van der Waals surface area (Å²) in [6.07, 6.45) is 0.668. The van der Waals surface area contributed by atoms with Gasteiger partial charge < -0.3 is 4.74 Å². The summed E-state index contributed by atoms with van der Waals surface area (Å²) < 4.78 is 30.3. The average Bonchev–Trinajstić information content (AvgIpc) is 3.17. The Hall–Kier alpha value is -3.46. The van der Waals surface area contributed by atoms with Gasteiger partial charge in [-0.15, -0.1) is 0 Å². The minimum Gasteiger partial charge on any atom is -0.409 e. The monoisotopic (exact) mass is 481 g/mol. The molecule has 0 atom stereocenters. The Kier molecular flexibility index (Phi) is 6.60. The van der Waals surface area contributed by atoms with Gasteiger partial charge in [-0.05, 0) is 41.8 Å². The van der Waals surface area contributed by atoms with E-state index in [1.807, 2.05) is 30.3 Å². The number of aromatic nitrogens is 2. The number of hydrogen-bond donors (Lipinski definition) is 1. The van der Waals surface area contributed by atoms with Gasteiger partial charge in [-0.2, -0.15) is 5.10 Å². The molecule has 0 bridgehead atoms. The largest absolute Gasteiger partial charge is 0.409 e. The molecule has 168 valence electrons. The van der Waals surface area contributed by atoms with Gasteiger partial charge in [0, 0.05) is 17.1 Å². The minimum atomic E-state index is -3.83. The number of nitrogens with two attached hydrogens (primary N) is 1. The van der Waals surface area contributed by atoms with E-state index in [0.717, 1.165) is 11.1 Å². The topological polar surface area (TPSA) is 104 Å². The summed E-state index contributed by atoms with van der Waals surface area (Å²) in [6.45, 7) is 0.826. The van der Waals surface area contributed by atoms with Gasteiger partial charge in [0.05, 0.1) is 10.5 Å². The number of hydrogen-bond acceptors (Lipinski definition) is 5. The molecule has 0 aliphatic heterocycles. The number of aryl methyl sites for hydroxylation is 2. The van der Waals surface area contributed by atoms with E-state index in [1.165, 1.54) is 12.1 Å². The first-order valence-electron chi connectivity index (χ1n) is 10.0. The van der Waals surface area contributed by atoms with E-state index < -0.39 is 10.0 Å². The van der Waals surface area contributed by atoms with Crippen molar-refractivity contribution in [1.82, 2.24) is 9.78 Å². The third kappa shape index (κ3) is 5.14. The van der Waals surface area contributed by atoms with Crippen LogP contribution in [0.5, 0.6) is 5.88 Å². The average molecular weight is 482 g/mol. The zero-order valence-electron chi connectivity index (χ0n) is 17.4. The van der Waals surface area contributed by atoms with E-state index in [4.69, 9.17) is 26.6 Å². The first-order chi connectivity index (χ1) is 15.9. The zero-order chi connectivity index (χ0) is 23.4. The minimum absolute atomic E-state index is 0.00725. The lowest BCUT2D eigenvalue weighted by atomic mass is 10.0. The van der Waals surface area contributed by atoms with Gasteiger partial charge in [-0.1, -0.05) is 66.2 Å². The predicted molar refractivity (Wildman–Crippen MR) is 126 cm³/mol. The van der Waals surface area contributed by atoms with Crippen LogP contribution in [0.2, 0.25) is 5.02 Å². The lowest BCUT2D eigenvalue weighted by molar-refractivity contribution is -0.121. The van der Waals surface area contributed by atoms with Crippen molar-refractivity contribution in [2.24, 2.45) is 5.14 Å². The van der Waals surface area contributed by atoms with Crippen molar-refractivity contribution in [2.45, 2.75) is 17.9 Å². The molecule has 1 aromatic heterocycles. The van der Waals surface area contributed by atoms with Gasteiger partial charge in [0.2, 0.25) is 15.9 Å². The highest BCUT2D eigenvalue weighted by Gasteiger charge is 2.23. The van der Waals surface area contributed by atoms with Gasteiger partial charge in [0.15, 0.2) is 0 Å². The van der Waals surface area contributed by atoms with Crippen molar-refractivity contribution in [1.29, 1.82) is 0 Å². The molecule has 0 spiro atoms. The second-order valence-corrected chi connectivity index (χ2v) is 9.28. The fraction of sp³-hybridized carbons (Fsp3) is 0.0833. The molecular weight excluding hydrogens is 462 g/mol. The standard InChI is InChI=1S/C24H20ClN3O4S/c25-20-10-6-18(7-11-20)22-23(19-8-12-21(13-9-19)33(26,30)31)27-28(24(22)32-16-29)15-14-17-4-2-1-3-5-17/h1-13,16H,14-15H2,(H2,26,30,31). The van der Waals surface area contributed by atoms with Crippen molar-refractivity contribution in [3.8, 4) is 28.3 Å². The first kappa shape index (κ1) is 22.7. The fourth-order valence-corrected chi connectivity index (χ4v) is 4.17. The maximum absolute atomic E-state index is 11.7. The second-order valence-electron chi connectivity index (χ2n) is 7.28. The summed E-state index contributed by atoms with van der Waals surface area (Å²) in [5.74, 6) is 0.286. The van der Waals surface area contributed by atoms with E-state index >= 15 is 0 Å². The molecule has 4 rings (SSSR count). The molecule has 0 radical (unpaired) electrons. The number of sulfonamides is 1. The number of carbonyl (C=O) groups excluding carboxylic acids is 1. The van der Waals surface area contributed by atoms with Crippen LogP contribution in [0.4, 0.5) is 0 Å². The number of ether oxygens (including phenoxy) is 1. The highest BCUT2D eigenvalue weighted by atomic mass is 35.5. The molecule has 2 N–H and O–H groups in total. The van der Waals surface area contributed by atoms with Crippen LogP contribution in [-0.4, -0.2) is 24.7 Å². The van der Waals surface area contributed by atoms with Crippen molar-refractivity contribution >= 4 is 28.1 Å². The number of halogens is 1. The van der Waals surface area contributed by atoms with Gasteiger partial charge in [-0.3, -0.25) is 4.79 Å². The summed E-state index contributed by atoms with van der Waals surface area (Å²) >= 11 is 6.06. The molecule has 0 unspecified atom stereocenters. The lowest BCUT2D eigenvalue weighted by Crippen LogP contribution is -2.11. The maximum atomic E-state index is 11.7. The summed E-state index contributed by atoms with van der Waals surface area (Å²) in [7, 11) is -3.83. The Bertz CT molecular complexity index is 1370. The maximum Gasteiger partial charge on any atom is 0.299 e. The SMILES string of the molecule is NS(=O)(=O)c1ccc(-c2nn(CCc3ccccc3)c(OC=O)c2-c2ccc(Cl)cc2)cc1. The van der Waals surface area contributed by atoms with E-state index in [2.05, 4.69) is 0 Å². The highest BCUT2D eigenvalue weighted by Crippen LogP contribution is 2.40. The van der Waals surface area contributed by atoms with Gasteiger partial charge >= 0.3 is 0 Å². The molecule has 33 heavy (non-hydrogen) atoms. The van der Waals surface area contributed by atoms with Crippen molar-refractivity contribution < 1.29 is 17.9 Å². The molecule has 0 saturated carbocycles. The fourth-order valence-electron chi connectivity index (χ4n) is 3.52. The Morgan fingerprint density at radius 3 is 2.18 bits per heavy atom. The Labute approximate surface area is 196 Å². The molecule has 3 aromatic carbocycles. The van der Waals surface area contributed by atoms with E-state index in [1.54, 1.807) is 41.1 Å². The van der Waals surface area contributed by atoms with E-state index in [-0.39, 0.29) is 10.8 Å². The summed E-state index contributed by atoms with van der Waals surface area (Å²) in [5, 5.41) is 10.5. The van der Waals surface area contributed by atoms with Crippen LogP contribution in [0.15, 0.2) is 83.8 Å². The molecule has 7 nitrogen and oxygen atoms in total. The quantitative estimate of drug-likeness (QED) is 0.378. The van der Waals surface area contributed by atoms with E-state index in [9.17, 15) is 13.2 Å². The summed E-state index contributed by atoms with van der Waals surface area (Å²) in [5.41, 5.74) is 3.62. The second kappa shape index (κ2) is 9.58. The molecule has 0 fully saturated rings. The van der Waals surface area contributed by atoms with Crippen LogP contribution in [0.1, 0.15) is 5.56 Å². The normalized spacial score (nSPS) is 11.3. The number of nitrogens with zero attached hydrogens (tertiary/aromatic N) is 2. The van der Waals surface area contributed by atoms with Gasteiger partial charge in [0.25, 0.3) is 6.47 Å². The van der Waals surface area contributed by atoms with Crippen molar-refractivity contribution in [3.63, 3.8) is 0 Å². The Morgan fingerprint density at radius 2 is 1.58 bits per heavy atom. The van der Waals surface area contributed by atoms with Crippen LogP contribution in [0, 0.1) is 0 Å². The number of primary sulfonamides is 1. The molecule has 0 saturated heterocycles. The Morgan fingerprint density at radius 1 is 0.939 bits per heavy atom. The molecule has 0 aliphatic carbocycles. The molecule has 9 heteroatoms. The number of rotatable bonds is 8. The van der Waals surface area contributed by atoms with Crippen molar-refractivity contribution in [2.75, 3.05) is 0 Å². The van der Waals surface area contributed by atoms with Gasteiger partial charge in [-0.25, -0.2) is 18.2 Å². The first-order valence-corrected chi connectivity index (χ1v) is 11.9. The van der Waals surface area contributed by atoms with Crippen LogP contribution >= 0.6 is 11.6 Å². The van der Waals surface area contributed by atoms with Crippen LogP contribution in [-0.2, 0) is 27.8 Å². The molecule has 0 aliphatic rings. The third-order valence-corrected chi connectivity index (χ3v) is 6.29. The number of benzene rings is 3. The van der Waals surface area contributed by atoms with Crippen LogP contribution in [0.25, 0.3) is 22.4 Å². The molecule has 4 aromatic rings. The van der Waals surface area contributed by atoms with E-state index in [0.29, 0.717) is 41.3 Å². The predicted octanol–water partition coefficient (Wildman–Crippen LogP) is 4.30. The van der Waals surface area contributed by atoms with Gasteiger partial charge in [0.1, 0.15) is 5.69 Å². The lowest BCUT2D eigenvalue weighted by Gasteiger charge is -2.08. The molecular formula is C24H20ClN3O4S. The third-order valence-electron chi connectivity index (χ3n) is 5.11. The van der Waals surface area contributed by atoms with Crippen molar-refractivity contribution in [3.05, 3.63) is 89.4 Å². The molecule has 1 heterocycles. The van der Waals surface area contributed by atoms with Crippen LogP contribution < -0.4 is 9.88 Å². The zero-order valence-corrected chi connectivity index (χ0v) is 19.0. The number of carbonyl (C=O) groups is 1. The smallest absolute Gasteiger partial charge is 0.299 e. The Balaban J connectivity index is 1.84. The summed E-state index contributed by atoms with van der Waals surface area (Å²) in [6, 6.07) is 23.0. The highest BCUT2D eigenvalue weighted by molar-refractivity contribution is 7.89. The summed E-state index contributed by atoms with van der Waals surface area (Å²) in [4.78, 5) is 11.4.